The molecule has 0 spiro atoms. The van der Waals surface area contributed by atoms with Crippen molar-refractivity contribution in [2.45, 2.75) is 6.04 Å². The number of morpholine rings is 1. The molecule has 3 rings (SSSR count). The molecule has 1 amide bonds. The summed E-state index contributed by atoms with van der Waals surface area (Å²) < 4.78 is 5.35. The zero-order valence-electron chi connectivity index (χ0n) is 12.9. The highest BCUT2D eigenvalue weighted by atomic mass is 35.5. The fourth-order valence-electron chi connectivity index (χ4n) is 2.72. The standard InChI is InChI=1S/C14H18Cl2N4O2.2ClH/c15-10-7-11(16)13(18-8-10)19-2-4-20(5-3-19)14(21)12-9-22-6-1-17-12;;/h7-8,12,17H,1-6,9H2;2*1H. The van der Waals surface area contributed by atoms with E-state index >= 15 is 0 Å². The van der Waals surface area contributed by atoms with E-state index < -0.39 is 0 Å². The van der Waals surface area contributed by atoms with Crippen LogP contribution in [0.3, 0.4) is 0 Å². The Kier molecular flexibility index (Phi) is 8.84. The van der Waals surface area contributed by atoms with Gasteiger partial charge in [-0.05, 0) is 6.07 Å². The van der Waals surface area contributed by atoms with Gasteiger partial charge in [0.15, 0.2) is 0 Å². The fraction of sp³-hybridized carbons (Fsp3) is 0.571. The summed E-state index contributed by atoms with van der Waals surface area (Å²) in [6.07, 6.45) is 1.59. The van der Waals surface area contributed by atoms with Crippen molar-refractivity contribution in [3.63, 3.8) is 0 Å². The molecule has 1 unspecified atom stereocenters. The molecule has 3 heterocycles. The second-order valence-electron chi connectivity index (χ2n) is 5.35. The summed E-state index contributed by atoms with van der Waals surface area (Å²) in [4.78, 5) is 20.6. The number of nitrogens with zero attached hydrogens (tertiary/aromatic N) is 3. The molecule has 0 saturated carbocycles. The first-order valence-electron chi connectivity index (χ1n) is 7.31. The van der Waals surface area contributed by atoms with Gasteiger partial charge in [0.25, 0.3) is 0 Å². The molecule has 0 radical (unpaired) electrons. The van der Waals surface area contributed by atoms with E-state index in [1.807, 2.05) is 4.90 Å². The minimum atomic E-state index is -0.224. The van der Waals surface area contributed by atoms with Crippen molar-refractivity contribution >= 4 is 59.7 Å². The molecule has 1 atom stereocenters. The molecule has 1 aromatic heterocycles. The smallest absolute Gasteiger partial charge is 0.242 e. The number of piperazine rings is 1. The van der Waals surface area contributed by atoms with Crippen molar-refractivity contribution in [2.75, 3.05) is 50.8 Å². The summed E-state index contributed by atoms with van der Waals surface area (Å²) >= 11 is 12.1. The van der Waals surface area contributed by atoms with Gasteiger partial charge in [-0.15, -0.1) is 24.8 Å². The van der Waals surface area contributed by atoms with E-state index in [9.17, 15) is 4.79 Å². The van der Waals surface area contributed by atoms with Gasteiger partial charge in [-0.1, -0.05) is 23.2 Å². The Balaban J connectivity index is 0.00000144. The minimum Gasteiger partial charge on any atom is -0.378 e. The van der Waals surface area contributed by atoms with Crippen LogP contribution in [-0.4, -0.2) is 67.8 Å². The van der Waals surface area contributed by atoms with E-state index in [-0.39, 0.29) is 36.8 Å². The summed E-state index contributed by atoms with van der Waals surface area (Å²) in [5.41, 5.74) is 0. The van der Waals surface area contributed by atoms with Gasteiger partial charge in [-0.2, -0.15) is 0 Å². The summed E-state index contributed by atoms with van der Waals surface area (Å²) in [6.45, 7) is 4.54. The molecule has 0 aliphatic carbocycles. The fourth-order valence-corrected chi connectivity index (χ4v) is 3.22. The lowest BCUT2D eigenvalue weighted by Crippen LogP contribution is -2.57. The quantitative estimate of drug-likeness (QED) is 0.795. The van der Waals surface area contributed by atoms with Gasteiger partial charge in [0, 0.05) is 38.9 Å². The monoisotopic (exact) mass is 416 g/mol. The third kappa shape index (κ3) is 5.00. The van der Waals surface area contributed by atoms with E-state index in [0.717, 1.165) is 12.4 Å². The number of anilines is 1. The molecule has 2 fully saturated rings. The van der Waals surface area contributed by atoms with E-state index in [1.165, 1.54) is 0 Å². The summed E-state index contributed by atoms with van der Waals surface area (Å²) in [7, 11) is 0. The van der Waals surface area contributed by atoms with Gasteiger partial charge in [-0.25, -0.2) is 4.98 Å². The summed E-state index contributed by atoms with van der Waals surface area (Å²) in [6, 6.07) is 1.46. The van der Waals surface area contributed by atoms with Crippen LogP contribution in [-0.2, 0) is 9.53 Å². The molecule has 2 aliphatic rings. The molecule has 1 N–H and O–H groups in total. The number of carbonyl (C=O) groups excluding carboxylic acids is 1. The summed E-state index contributed by atoms with van der Waals surface area (Å²) in [5.74, 6) is 0.826. The molecule has 0 bridgehead atoms. The number of aromatic nitrogens is 1. The van der Waals surface area contributed by atoms with Crippen LogP contribution in [0, 0.1) is 0 Å². The van der Waals surface area contributed by atoms with Gasteiger partial charge < -0.3 is 19.9 Å². The van der Waals surface area contributed by atoms with Gasteiger partial charge >= 0.3 is 0 Å². The minimum absolute atomic E-state index is 0. The van der Waals surface area contributed by atoms with Crippen molar-refractivity contribution in [1.82, 2.24) is 15.2 Å². The van der Waals surface area contributed by atoms with E-state index in [1.54, 1.807) is 12.3 Å². The first-order chi connectivity index (χ1) is 10.6. The Hall–Kier alpha value is -0.500. The number of hydrogen-bond donors (Lipinski definition) is 1. The van der Waals surface area contributed by atoms with Gasteiger partial charge in [-0.3, -0.25) is 4.79 Å². The zero-order chi connectivity index (χ0) is 15.5. The van der Waals surface area contributed by atoms with E-state index in [0.29, 0.717) is 49.4 Å². The van der Waals surface area contributed by atoms with Crippen molar-refractivity contribution in [3.05, 3.63) is 22.3 Å². The average molecular weight is 418 g/mol. The number of rotatable bonds is 2. The maximum Gasteiger partial charge on any atom is 0.242 e. The number of carbonyl (C=O) groups is 1. The molecule has 10 heteroatoms. The highest BCUT2D eigenvalue weighted by molar-refractivity contribution is 6.36. The Bertz CT molecular complexity index is 550. The van der Waals surface area contributed by atoms with Crippen molar-refractivity contribution in [3.8, 4) is 0 Å². The molecule has 0 aromatic carbocycles. The predicted molar refractivity (Wildman–Crippen MR) is 100 cm³/mol. The Morgan fingerprint density at radius 1 is 1.25 bits per heavy atom. The lowest BCUT2D eigenvalue weighted by atomic mass is 10.2. The molecule has 1 aromatic rings. The first-order valence-corrected chi connectivity index (χ1v) is 8.06. The summed E-state index contributed by atoms with van der Waals surface area (Å²) in [5, 5.41) is 4.25. The number of nitrogens with one attached hydrogen (secondary N) is 1. The Morgan fingerprint density at radius 2 is 1.96 bits per heavy atom. The number of halogens is 4. The van der Waals surface area contributed by atoms with Crippen LogP contribution in [0.1, 0.15) is 0 Å². The van der Waals surface area contributed by atoms with E-state index in [4.69, 9.17) is 27.9 Å². The van der Waals surface area contributed by atoms with Crippen LogP contribution in [0.5, 0.6) is 0 Å². The van der Waals surface area contributed by atoms with E-state index in [2.05, 4.69) is 15.2 Å². The van der Waals surface area contributed by atoms with Crippen LogP contribution >= 0.6 is 48.0 Å². The number of amides is 1. The molecule has 24 heavy (non-hydrogen) atoms. The molecular weight excluding hydrogens is 398 g/mol. The maximum atomic E-state index is 12.4. The van der Waals surface area contributed by atoms with Crippen molar-refractivity contribution in [2.24, 2.45) is 0 Å². The first kappa shape index (κ1) is 21.5. The highest BCUT2D eigenvalue weighted by Gasteiger charge is 2.29. The molecule has 2 aliphatic heterocycles. The largest absolute Gasteiger partial charge is 0.378 e. The molecule has 6 nitrogen and oxygen atoms in total. The van der Waals surface area contributed by atoms with Crippen LogP contribution in [0.25, 0.3) is 0 Å². The maximum absolute atomic E-state index is 12.4. The molecular formula is C14H20Cl4N4O2. The third-order valence-corrected chi connectivity index (χ3v) is 4.38. The van der Waals surface area contributed by atoms with Crippen molar-refractivity contribution < 1.29 is 9.53 Å². The van der Waals surface area contributed by atoms with Gasteiger partial charge in [0.05, 0.1) is 23.3 Å². The van der Waals surface area contributed by atoms with Crippen molar-refractivity contribution in [1.29, 1.82) is 0 Å². The molecule has 2 saturated heterocycles. The van der Waals surface area contributed by atoms with Gasteiger partial charge in [0.2, 0.25) is 5.91 Å². The third-order valence-electron chi connectivity index (χ3n) is 3.90. The lowest BCUT2D eigenvalue weighted by molar-refractivity contribution is -0.136. The topological polar surface area (TPSA) is 57.7 Å². The van der Waals surface area contributed by atoms with Gasteiger partial charge in [0.1, 0.15) is 11.9 Å². The second-order valence-corrected chi connectivity index (χ2v) is 6.20. The Labute approximate surface area is 163 Å². The van der Waals surface area contributed by atoms with Crippen LogP contribution in [0.4, 0.5) is 5.82 Å². The number of pyridine rings is 1. The number of hydrogen-bond acceptors (Lipinski definition) is 5. The predicted octanol–water partition coefficient (Wildman–Crippen LogP) is 1.87. The van der Waals surface area contributed by atoms with Crippen LogP contribution in [0.2, 0.25) is 10.0 Å². The zero-order valence-corrected chi connectivity index (χ0v) is 16.1. The normalized spacial score (nSPS) is 20.8. The highest BCUT2D eigenvalue weighted by Crippen LogP contribution is 2.26. The SMILES string of the molecule is Cl.Cl.O=C(C1COCCN1)N1CCN(c2ncc(Cl)cc2Cl)CC1. The number of ether oxygens (including phenoxy) is 1. The lowest BCUT2D eigenvalue weighted by Gasteiger charge is -2.38. The second kappa shape index (κ2) is 9.85. The van der Waals surface area contributed by atoms with Crippen LogP contribution < -0.4 is 10.2 Å². The van der Waals surface area contributed by atoms with Crippen LogP contribution in [0.15, 0.2) is 12.3 Å². The average Bonchev–Trinajstić information content (AvgIpc) is 2.55. The molecule has 136 valence electrons. The Morgan fingerprint density at radius 3 is 2.54 bits per heavy atom.